The van der Waals surface area contributed by atoms with Crippen LogP contribution in [0.25, 0.3) is 0 Å². The fourth-order valence-corrected chi connectivity index (χ4v) is 3.37. The van der Waals surface area contributed by atoms with Crippen LogP contribution in [0.5, 0.6) is 0 Å². The van der Waals surface area contributed by atoms with E-state index < -0.39 is 5.60 Å². The van der Waals surface area contributed by atoms with Crippen LogP contribution < -0.4 is 0 Å². The van der Waals surface area contributed by atoms with Crippen molar-refractivity contribution < 1.29 is 5.11 Å². The van der Waals surface area contributed by atoms with Gasteiger partial charge in [0.1, 0.15) is 5.15 Å². The summed E-state index contributed by atoms with van der Waals surface area (Å²) in [6, 6.07) is 0. The summed E-state index contributed by atoms with van der Waals surface area (Å²) in [7, 11) is 1.84. The number of aromatic nitrogens is 2. The summed E-state index contributed by atoms with van der Waals surface area (Å²) in [5.74, 6) is 1.03. The van der Waals surface area contributed by atoms with E-state index in [-0.39, 0.29) is 0 Å². The van der Waals surface area contributed by atoms with Crippen molar-refractivity contribution in [2.45, 2.75) is 52.1 Å². The Kier molecular flexibility index (Phi) is 3.75. The molecule has 0 radical (unpaired) electrons. The maximum Gasteiger partial charge on any atom is 0.130 e. The molecule has 0 amide bonds. The standard InChI is InChI=1S/C14H23ClN2O/c1-9-5-6-14(18,10(2)7-9)8-12-11(3)16-17(4)13(12)15/h9-10,18H,5-8H2,1-4H3. The SMILES string of the molecule is Cc1nn(C)c(Cl)c1CC1(O)CCC(C)CC1C. The van der Waals surface area contributed by atoms with E-state index in [1.165, 1.54) is 0 Å². The quantitative estimate of drug-likeness (QED) is 0.897. The van der Waals surface area contributed by atoms with Crippen molar-refractivity contribution in [1.82, 2.24) is 9.78 Å². The van der Waals surface area contributed by atoms with Crippen molar-refractivity contribution in [2.75, 3.05) is 0 Å². The maximum atomic E-state index is 10.9. The van der Waals surface area contributed by atoms with Gasteiger partial charge < -0.3 is 5.11 Å². The van der Waals surface area contributed by atoms with Crippen molar-refractivity contribution in [3.63, 3.8) is 0 Å². The van der Waals surface area contributed by atoms with Gasteiger partial charge in [-0.2, -0.15) is 5.10 Å². The smallest absolute Gasteiger partial charge is 0.130 e. The maximum absolute atomic E-state index is 10.9. The molecule has 3 nitrogen and oxygen atoms in total. The molecule has 1 aliphatic rings. The number of aryl methyl sites for hydroxylation is 2. The summed E-state index contributed by atoms with van der Waals surface area (Å²) < 4.78 is 1.69. The van der Waals surface area contributed by atoms with Gasteiger partial charge in [-0.05, 0) is 38.0 Å². The Morgan fingerprint density at radius 1 is 1.50 bits per heavy atom. The average Bonchev–Trinajstić information content (AvgIpc) is 2.52. The molecule has 1 N–H and O–H groups in total. The highest BCUT2D eigenvalue weighted by Crippen LogP contribution is 2.40. The molecule has 0 bridgehead atoms. The van der Waals surface area contributed by atoms with Gasteiger partial charge in [-0.25, -0.2) is 0 Å². The van der Waals surface area contributed by atoms with Crippen LogP contribution in [-0.4, -0.2) is 20.5 Å². The van der Waals surface area contributed by atoms with E-state index in [0.29, 0.717) is 23.4 Å². The monoisotopic (exact) mass is 270 g/mol. The molecule has 4 heteroatoms. The molecule has 18 heavy (non-hydrogen) atoms. The highest BCUT2D eigenvalue weighted by Gasteiger charge is 2.39. The summed E-state index contributed by atoms with van der Waals surface area (Å²) in [6.45, 7) is 6.37. The van der Waals surface area contributed by atoms with Crippen molar-refractivity contribution in [3.05, 3.63) is 16.4 Å². The predicted molar refractivity (Wildman–Crippen MR) is 73.8 cm³/mol. The van der Waals surface area contributed by atoms with Gasteiger partial charge in [-0.1, -0.05) is 25.4 Å². The molecule has 0 aliphatic heterocycles. The number of nitrogens with zero attached hydrogens (tertiary/aromatic N) is 2. The lowest BCUT2D eigenvalue weighted by molar-refractivity contribution is -0.0523. The van der Waals surface area contributed by atoms with E-state index in [1.54, 1.807) is 4.68 Å². The molecule has 1 aliphatic carbocycles. The van der Waals surface area contributed by atoms with Gasteiger partial charge in [0.2, 0.25) is 0 Å². The number of aliphatic hydroxyl groups is 1. The topological polar surface area (TPSA) is 38.0 Å². The Morgan fingerprint density at radius 2 is 2.17 bits per heavy atom. The second kappa shape index (κ2) is 4.86. The Bertz CT molecular complexity index is 443. The summed E-state index contributed by atoms with van der Waals surface area (Å²) in [6.07, 6.45) is 3.67. The molecule has 3 atom stereocenters. The van der Waals surface area contributed by atoms with Gasteiger partial charge in [-0.3, -0.25) is 4.68 Å². The van der Waals surface area contributed by atoms with Crippen molar-refractivity contribution >= 4 is 11.6 Å². The molecule has 0 saturated heterocycles. The van der Waals surface area contributed by atoms with Gasteiger partial charge >= 0.3 is 0 Å². The predicted octanol–water partition coefficient (Wildman–Crippen LogP) is 3.11. The van der Waals surface area contributed by atoms with Crippen LogP contribution in [0.15, 0.2) is 0 Å². The molecular formula is C14H23ClN2O. The second-order valence-corrected chi connectivity index (χ2v) is 6.40. The Hall–Kier alpha value is -0.540. The summed E-state index contributed by atoms with van der Waals surface area (Å²) in [4.78, 5) is 0. The first-order valence-corrected chi connectivity index (χ1v) is 7.11. The largest absolute Gasteiger partial charge is 0.389 e. The van der Waals surface area contributed by atoms with Crippen LogP contribution in [0.3, 0.4) is 0 Å². The fourth-order valence-electron chi connectivity index (χ4n) is 3.13. The zero-order chi connectivity index (χ0) is 13.5. The lowest BCUT2D eigenvalue weighted by Crippen LogP contribution is -2.43. The van der Waals surface area contributed by atoms with Crippen molar-refractivity contribution in [1.29, 1.82) is 0 Å². The molecule has 1 heterocycles. The molecule has 102 valence electrons. The highest BCUT2D eigenvalue weighted by atomic mass is 35.5. The molecule has 0 aromatic carbocycles. The minimum atomic E-state index is -0.621. The van der Waals surface area contributed by atoms with Crippen LogP contribution >= 0.6 is 11.6 Å². The van der Waals surface area contributed by atoms with Crippen LogP contribution in [0, 0.1) is 18.8 Å². The van der Waals surface area contributed by atoms with Crippen LogP contribution in [0.2, 0.25) is 5.15 Å². The Balaban J connectivity index is 2.22. The van der Waals surface area contributed by atoms with Gasteiger partial charge in [0.15, 0.2) is 0 Å². The summed E-state index contributed by atoms with van der Waals surface area (Å²) >= 11 is 6.26. The Morgan fingerprint density at radius 3 is 2.67 bits per heavy atom. The van der Waals surface area contributed by atoms with Crippen LogP contribution in [0.4, 0.5) is 0 Å². The van der Waals surface area contributed by atoms with E-state index in [0.717, 1.165) is 30.5 Å². The lowest BCUT2D eigenvalue weighted by Gasteiger charge is -2.40. The van der Waals surface area contributed by atoms with E-state index in [2.05, 4.69) is 18.9 Å². The fraction of sp³-hybridized carbons (Fsp3) is 0.786. The molecule has 1 aromatic heterocycles. The van der Waals surface area contributed by atoms with Crippen molar-refractivity contribution in [3.8, 4) is 0 Å². The van der Waals surface area contributed by atoms with E-state index in [1.807, 2.05) is 14.0 Å². The number of halogens is 1. The zero-order valence-corrected chi connectivity index (χ0v) is 12.5. The van der Waals surface area contributed by atoms with E-state index >= 15 is 0 Å². The summed E-state index contributed by atoms with van der Waals surface area (Å²) in [5, 5.41) is 15.9. The average molecular weight is 271 g/mol. The molecule has 3 unspecified atom stereocenters. The first kappa shape index (κ1) is 13.9. The number of hydrogen-bond acceptors (Lipinski definition) is 2. The minimum absolute atomic E-state index is 0.317. The minimum Gasteiger partial charge on any atom is -0.389 e. The Labute approximate surface area is 114 Å². The highest BCUT2D eigenvalue weighted by molar-refractivity contribution is 6.30. The van der Waals surface area contributed by atoms with E-state index in [4.69, 9.17) is 11.6 Å². The zero-order valence-electron chi connectivity index (χ0n) is 11.7. The van der Waals surface area contributed by atoms with Gasteiger partial charge in [0.05, 0.1) is 11.3 Å². The number of rotatable bonds is 2. The molecule has 1 saturated carbocycles. The van der Waals surface area contributed by atoms with Crippen LogP contribution in [-0.2, 0) is 13.5 Å². The normalized spacial score (nSPS) is 32.8. The molecule has 2 rings (SSSR count). The third-order valence-electron chi connectivity index (χ3n) is 4.50. The third-order valence-corrected chi connectivity index (χ3v) is 4.97. The molecule has 1 fully saturated rings. The molecule has 0 spiro atoms. The summed E-state index contributed by atoms with van der Waals surface area (Å²) in [5.41, 5.74) is 1.31. The number of hydrogen-bond donors (Lipinski definition) is 1. The first-order valence-electron chi connectivity index (χ1n) is 6.74. The molecule has 1 aromatic rings. The van der Waals surface area contributed by atoms with E-state index in [9.17, 15) is 5.11 Å². The van der Waals surface area contributed by atoms with Crippen LogP contribution in [0.1, 0.15) is 44.4 Å². The van der Waals surface area contributed by atoms with Gasteiger partial charge in [-0.15, -0.1) is 0 Å². The van der Waals surface area contributed by atoms with Crippen molar-refractivity contribution in [2.24, 2.45) is 18.9 Å². The van der Waals surface area contributed by atoms with Gasteiger partial charge in [0, 0.05) is 19.0 Å². The second-order valence-electron chi connectivity index (χ2n) is 6.04. The lowest BCUT2D eigenvalue weighted by atomic mass is 9.70. The van der Waals surface area contributed by atoms with Gasteiger partial charge in [0.25, 0.3) is 0 Å². The third kappa shape index (κ3) is 2.43. The molecular weight excluding hydrogens is 248 g/mol. The first-order chi connectivity index (χ1) is 8.33.